The van der Waals surface area contributed by atoms with Gasteiger partial charge in [-0.25, -0.2) is 0 Å². The summed E-state index contributed by atoms with van der Waals surface area (Å²) in [7, 11) is 0. The van der Waals surface area contributed by atoms with Crippen LogP contribution in [0.5, 0.6) is 0 Å². The Morgan fingerprint density at radius 3 is 2.77 bits per heavy atom. The normalized spacial score (nSPS) is 21.7. The van der Waals surface area contributed by atoms with Crippen LogP contribution >= 0.6 is 11.8 Å². The monoisotopic (exact) mass is 202 g/mol. The highest BCUT2D eigenvalue weighted by atomic mass is 32.2. The molecule has 78 valence electrons. The molecule has 1 aliphatic rings. The van der Waals surface area contributed by atoms with Gasteiger partial charge in [0.1, 0.15) is 0 Å². The van der Waals surface area contributed by atoms with Crippen molar-refractivity contribution in [1.82, 2.24) is 5.32 Å². The van der Waals surface area contributed by atoms with E-state index in [-0.39, 0.29) is 0 Å². The van der Waals surface area contributed by atoms with Crippen LogP contribution in [0, 0.1) is 5.92 Å². The number of hydrogen-bond acceptors (Lipinski definition) is 3. The molecule has 2 nitrogen and oxygen atoms in total. The molecule has 1 heterocycles. The molecule has 3 heteroatoms. The predicted octanol–water partition coefficient (Wildman–Crippen LogP) is 1.46. The van der Waals surface area contributed by atoms with Crippen LogP contribution in [-0.2, 0) is 0 Å². The lowest BCUT2D eigenvalue weighted by molar-refractivity contribution is 0.367. The Morgan fingerprint density at radius 2 is 2.15 bits per heavy atom. The molecule has 13 heavy (non-hydrogen) atoms. The van der Waals surface area contributed by atoms with Crippen molar-refractivity contribution in [2.45, 2.75) is 32.2 Å². The van der Waals surface area contributed by atoms with Gasteiger partial charge in [-0.3, -0.25) is 0 Å². The first-order chi connectivity index (χ1) is 6.29. The van der Waals surface area contributed by atoms with Crippen molar-refractivity contribution in [3.05, 3.63) is 0 Å². The minimum atomic E-state index is 0.359. The van der Waals surface area contributed by atoms with Gasteiger partial charge >= 0.3 is 0 Å². The summed E-state index contributed by atoms with van der Waals surface area (Å²) in [5.41, 5.74) is 5.68. The first kappa shape index (κ1) is 11.3. The molecular weight excluding hydrogens is 180 g/mol. The molecule has 1 unspecified atom stereocenters. The third-order valence-electron chi connectivity index (χ3n) is 2.51. The SMILES string of the molecule is CC(N)CSCCC1CCNCC1. The number of rotatable bonds is 5. The fourth-order valence-corrected chi connectivity index (χ4v) is 2.73. The van der Waals surface area contributed by atoms with Crippen molar-refractivity contribution in [2.75, 3.05) is 24.6 Å². The summed E-state index contributed by atoms with van der Waals surface area (Å²) < 4.78 is 0. The standard InChI is InChI=1S/C10H22N2S/c1-9(11)8-13-7-4-10-2-5-12-6-3-10/h9-10,12H,2-8,11H2,1H3. The van der Waals surface area contributed by atoms with Crippen LogP contribution in [0.3, 0.4) is 0 Å². The van der Waals surface area contributed by atoms with Crippen LogP contribution in [0.25, 0.3) is 0 Å². The summed E-state index contributed by atoms with van der Waals surface area (Å²) in [6.07, 6.45) is 4.14. The van der Waals surface area contributed by atoms with Crippen molar-refractivity contribution in [3.63, 3.8) is 0 Å². The number of piperidine rings is 1. The Bertz CT molecular complexity index is 122. The molecule has 3 N–H and O–H groups in total. The van der Waals surface area contributed by atoms with Gasteiger partial charge in [0.25, 0.3) is 0 Å². The Hall–Kier alpha value is 0.270. The average Bonchev–Trinajstić information content (AvgIpc) is 2.14. The van der Waals surface area contributed by atoms with E-state index in [0.717, 1.165) is 11.7 Å². The highest BCUT2D eigenvalue weighted by Gasteiger charge is 2.12. The summed E-state index contributed by atoms with van der Waals surface area (Å²) >= 11 is 2.01. The van der Waals surface area contributed by atoms with E-state index in [4.69, 9.17) is 5.73 Å². The summed E-state index contributed by atoms with van der Waals surface area (Å²) in [5.74, 6) is 3.39. The van der Waals surface area contributed by atoms with Gasteiger partial charge in [-0.05, 0) is 50.9 Å². The van der Waals surface area contributed by atoms with Gasteiger partial charge in [0.15, 0.2) is 0 Å². The zero-order valence-electron chi connectivity index (χ0n) is 8.59. The molecule has 0 spiro atoms. The Labute approximate surface area is 86.0 Å². The minimum absolute atomic E-state index is 0.359. The van der Waals surface area contributed by atoms with Gasteiger partial charge in [-0.2, -0.15) is 11.8 Å². The van der Waals surface area contributed by atoms with E-state index in [1.54, 1.807) is 0 Å². The number of nitrogens with one attached hydrogen (secondary N) is 1. The van der Waals surface area contributed by atoms with Crippen LogP contribution in [-0.4, -0.2) is 30.6 Å². The van der Waals surface area contributed by atoms with Crippen LogP contribution < -0.4 is 11.1 Å². The molecule has 1 saturated heterocycles. The van der Waals surface area contributed by atoms with Gasteiger partial charge in [-0.15, -0.1) is 0 Å². The average molecular weight is 202 g/mol. The van der Waals surface area contributed by atoms with Crippen LogP contribution in [0.2, 0.25) is 0 Å². The van der Waals surface area contributed by atoms with Gasteiger partial charge in [0.05, 0.1) is 0 Å². The highest BCUT2D eigenvalue weighted by molar-refractivity contribution is 7.99. The summed E-state index contributed by atoms with van der Waals surface area (Å²) in [6.45, 7) is 4.53. The summed E-state index contributed by atoms with van der Waals surface area (Å²) in [5, 5.41) is 3.40. The second-order valence-electron chi connectivity index (χ2n) is 4.03. The quantitative estimate of drug-likeness (QED) is 0.663. The molecule has 1 aliphatic heterocycles. The third-order valence-corrected chi connectivity index (χ3v) is 3.80. The van der Waals surface area contributed by atoms with Crippen molar-refractivity contribution in [3.8, 4) is 0 Å². The number of thioether (sulfide) groups is 1. The zero-order valence-corrected chi connectivity index (χ0v) is 9.41. The highest BCUT2D eigenvalue weighted by Crippen LogP contribution is 2.18. The van der Waals surface area contributed by atoms with Crippen LogP contribution in [0.4, 0.5) is 0 Å². The van der Waals surface area contributed by atoms with E-state index < -0.39 is 0 Å². The lowest BCUT2D eigenvalue weighted by Gasteiger charge is -2.22. The first-order valence-electron chi connectivity index (χ1n) is 5.33. The molecule has 1 atom stereocenters. The fourth-order valence-electron chi connectivity index (χ4n) is 1.69. The fraction of sp³-hybridized carbons (Fsp3) is 1.00. The minimum Gasteiger partial charge on any atom is -0.327 e. The van der Waals surface area contributed by atoms with Gasteiger partial charge in [-0.1, -0.05) is 0 Å². The topological polar surface area (TPSA) is 38.0 Å². The lowest BCUT2D eigenvalue weighted by atomic mass is 9.96. The molecule has 0 aromatic carbocycles. The van der Waals surface area contributed by atoms with Gasteiger partial charge in [0, 0.05) is 11.8 Å². The molecule has 0 aromatic rings. The van der Waals surface area contributed by atoms with Gasteiger partial charge in [0.2, 0.25) is 0 Å². The Balaban J connectivity index is 1.92. The third kappa shape index (κ3) is 5.55. The summed E-state index contributed by atoms with van der Waals surface area (Å²) in [4.78, 5) is 0. The smallest absolute Gasteiger partial charge is 0.0101 e. The Morgan fingerprint density at radius 1 is 1.46 bits per heavy atom. The predicted molar refractivity (Wildman–Crippen MR) is 61.2 cm³/mol. The Kier molecular flexibility index (Phi) is 5.83. The molecule has 0 aliphatic carbocycles. The van der Waals surface area contributed by atoms with E-state index in [9.17, 15) is 0 Å². The van der Waals surface area contributed by atoms with Crippen LogP contribution in [0.15, 0.2) is 0 Å². The molecule has 0 saturated carbocycles. The van der Waals surface area contributed by atoms with E-state index in [1.807, 2.05) is 11.8 Å². The van der Waals surface area contributed by atoms with E-state index >= 15 is 0 Å². The molecule has 0 bridgehead atoms. The van der Waals surface area contributed by atoms with Crippen molar-refractivity contribution >= 4 is 11.8 Å². The maximum atomic E-state index is 5.68. The second kappa shape index (κ2) is 6.68. The zero-order chi connectivity index (χ0) is 9.52. The largest absolute Gasteiger partial charge is 0.327 e. The maximum Gasteiger partial charge on any atom is 0.0101 e. The van der Waals surface area contributed by atoms with Crippen molar-refractivity contribution in [1.29, 1.82) is 0 Å². The van der Waals surface area contributed by atoms with Crippen molar-refractivity contribution < 1.29 is 0 Å². The number of hydrogen-bond donors (Lipinski definition) is 2. The second-order valence-corrected chi connectivity index (χ2v) is 5.18. The molecular formula is C10H22N2S. The van der Waals surface area contributed by atoms with E-state index in [2.05, 4.69) is 12.2 Å². The lowest BCUT2D eigenvalue weighted by Crippen LogP contribution is -2.28. The first-order valence-corrected chi connectivity index (χ1v) is 6.48. The molecule has 0 aromatic heterocycles. The van der Waals surface area contributed by atoms with E-state index in [0.29, 0.717) is 6.04 Å². The molecule has 0 radical (unpaired) electrons. The molecule has 1 rings (SSSR count). The molecule has 1 fully saturated rings. The summed E-state index contributed by atoms with van der Waals surface area (Å²) in [6, 6.07) is 0.359. The van der Waals surface area contributed by atoms with Crippen molar-refractivity contribution in [2.24, 2.45) is 11.7 Å². The van der Waals surface area contributed by atoms with E-state index in [1.165, 1.54) is 38.1 Å². The maximum absolute atomic E-state index is 5.68. The number of nitrogens with two attached hydrogens (primary N) is 1. The van der Waals surface area contributed by atoms with Crippen LogP contribution in [0.1, 0.15) is 26.2 Å². The molecule has 0 amide bonds. The van der Waals surface area contributed by atoms with Gasteiger partial charge < -0.3 is 11.1 Å².